The number of hydrogen-bond acceptors (Lipinski definition) is 6. The van der Waals surface area contributed by atoms with E-state index in [1.165, 1.54) is 0 Å². The topological polar surface area (TPSA) is 93.2 Å². The summed E-state index contributed by atoms with van der Waals surface area (Å²) in [6.45, 7) is 0. The van der Waals surface area contributed by atoms with Crippen LogP contribution in [-0.2, 0) is 0 Å². The minimum Gasteiger partial charge on any atom is -0.366 e. The highest BCUT2D eigenvalue weighted by Gasteiger charge is 2.20. The molecule has 3 heterocycles. The standard InChI is InChI=1S/C25H27N7/c26-19-7-9-21(10-8-19)30-24-16-23(29-20-4-2-1-3-5-20)25-28-17-22(32(25)31-24)11-6-18-12-14-27-15-13-18/h1-6,11-17,19,21,29H,7-10,26H2,(H,30,31). The number of para-hydroxylation sites is 1. The highest BCUT2D eigenvalue weighted by atomic mass is 15.3. The van der Waals surface area contributed by atoms with Crippen molar-refractivity contribution in [2.75, 3.05) is 10.6 Å². The van der Waals surface area contributed by atoms with E-state index in [9.17, 15) is 0 Å². The summed E-state index contributed by atoms with van der Waals surface area (Å²) in [5, 5.41) is 12.0. The fourth-order valence-corrected chi connectivity index (χ4v) is 4.07. The van der Waals surface area contributed by atoms with Gasteiger partial charge in [-0.1, -0.05) is 24.3 Å². The van der Waals surface area contributed by atoms with Crippen LogP contribution in [0.3, 0.4) is 0 Å². The number of fused-ring (bicyclic) bond motifs is 1. The average molecular weight is 426 g/mol. The van der Waals surface area contributed by atoms with Gasteiger partial charge in [0.1, 0.15) is 5.82 Å². The van der Waals surface area contributed by atoms with Gasteiger partial charge in [0.2, 0.25) is 0 Å². The number of pyridine rings is 1. The van der Waals surface area contributed by atoms with Gasteiger partial charge in [-0.3, -0.25) is 4.98 Å². The lowest BCUT2D eigenvalue weighted by Gasteiger charge is -2.27. The number of nitrogens with one attached hydrogen (secondary N) is 2. The van der Waals surface area contributed by atoms with Gasteiger partial charge in [0.15, 0.2) is 5.65 Å². The van der Waals surface area contributed by atoms with Gasteiger partial charge in [-0.15, -0.1) is 5.10 Å². The van der Waals surface area contributed by atoms with Gasteiger partial charge >= 0.3 is 0 Å². The Kier molecular flexibility index (Phi) is 5.81. The van der Waals surface area contributed by atoms with Crippen molar-refractivity contribution in [3.8, 4) is 0 Å². The van der Waals surface area contributed by atoms with E-state index in [0.29, 0.717) is 12.1 Å². The molecule has 0 aliphatic heterocycles. The molecular formula is C25H27N7. The van der Waals surface area contributed by atoms with Crippen molar-refractivity contribution in [2.24, 2.45) is 5.73 Å². The Balaban J connectivity index is 1.50. The molecule has 3 aromatic heterocycles. The fraction of sp³-hybridized carbons (Fsp3) is 0.240. The van der Waals surface area contributed by atoms with Crippen LogP contribution in [-0.4, -0.2) is 31.7 Å². The maximum Gasteiger partial charge on any atom is 0.178 e. The van der Waals surface area contributed by atoms with Crippen LogP contribution in [0.2, 0.25) is 0 Å². The van der Waals surface area contributed by atoms with Gasteiger partial charge in [-0.05, 0) is 61.6 Å². The Morgan fingerprint density at radius 3 is 2.53 bits per heavy atom. The summed E-state index contributed by atoms with van der Waals surface area (Å²) in [6, 6.07) is 16.8. The summed E-state index contributed by atoms with van der Waals surface area (Å²) >= 11 is 0. The molecule has 0 saturated heterocycles. The molecule has 7 nitrogen and oxygen atoms in total. The molecule has 4 aromatic rings. The predicted molar refractivity (Wildman–Crippen MR) is 130 cm³/mol. The molecule has 0 amide bonds. The molecule has 1 fully saturated rings. The number of nitrogens with two attached hydrogens (primary N) is 1. The number of nitrogens with zero attached hydrogens (tertiary/aromatic N) is 4. The average Bonchev–Trinajstić information content (AvgIpc) is 3.24. The number of hydrogen-bond donors (Lipinski definition) is 3. The zero-order valence-corrected chi connectivity index (χ0v) is 17.9. The highest BCUT2D eigenvalue weighted by Crippen LogP contribution is 2.27. The first-order valence-corrected chi connectivity index (χ1v) is 11.1. The summed E-state index contributed by atoms with van der Waals surface area (Å²) in [5.41, 5.74) is 10.8. The largest absolute Gasteiger partial charge is 0.366 e. The normalized spacial score (nSPS) is 18.8. The first-order valence-electron chi connectivity index (χ1n) is 11.1. The summed E-state index contributed by atoms with van der Waals surface area (Å²) < 4.78 is 1.89. The van der Waals surface area contributed by atoms with Crippen LogP contribution < -0.4 is 16.4 Å². The fourth-order valence-electron chi connectivity index (χ4n) is 4.07. The third kappa shape index (κ3) is 4.63. The lowest BCUT2D eigenvalue weighted by Crippen LogP contribution is -2.33. The van der Waals surface area contributed by atoms with E-state index in [1.807, 2.05) is 71.4 Å². The van der Waals surface area contributed by atoms with Crippen molar-refractivity contribution in [3.63, 3.8) is 0 Å². The van der Waals surface area contributed by atoms with E-state index in [2.05, 4.69) is 20.6 Å². The van der Waals surface area contributed by atoms with Gasteiger partial charge in [0.25, 0.3) is 0 Å². The van der Waals surface area contributed by atoms with Crippen molar-refractivity contribution >= 4 is 35.0 Å². The van der Waals surface area contributed by atoms with Crippen LogP contribution in [0.4, 0.5) is 17.2 Å². The third-order valence-corrected chi connectivity index (χ3v) is 5.82. The van der Waals surface area contributed by atoms with Gasteiger partial charge in [0.05, 0.1) is 17.6 Å². The Morgan fingerprint density at radius 2 is 1.75 bits per heavy atom. The second kappa shape index (κ2) is 9.20. The van der Waals surface area contributed by atoms with E-state index in [0.717, 1.165) is 59.8 Å². The summed E-state index contributed by atoms with van der Waals surface area (Å²) in [7, 11) is 0. The van der Waals surface area contributed by atoms with Crippen LogP contribution in [0.5, 0.6) is 0 Å². The van der Waals surface area contributed by atoms with Crippen molar-refractivity contribution in [1.29, 1.82) is 0 Å². The molecule has 1 saturated carbocycles. The maximum absolute atomic E-state index is 6.08. The van der Waals surface area contributed by atoms with Gasteiger partial charge in [-0.25, -0.2) is 9.50 Å². The number of rotatable bonds is 6. The molecule has 1 aliphatic rings. The van der Waals surface area contributed by atoms with Crippen LogP contribution in [0.15, 0.2) is 67.1 Å². The maximum atomic E-state index is 6.08. The first kappa shape index (κ1) is 20.2. The Bertz CT molecular complexity index is 1190. The second-order valence-corrected chi connectivity index (χ2v) is 8.22. The monoisotopic (exact) mass is 425 g/mol. The minimum absolute atomic E-state index is 0.317. The second-order valence-electron chi connectivity index (χ2n) is 8.22. The molecule has 7 heteroatoms. The molecule has 0 bridgehead atoms. The molecule has 4 N–H and O–H groups in total. The highest BCUT2D eigenvalue weighted by molar-refractivity contribution is 5.78. The van der Waals surface area contributed by atoms with E-state index in [1.54, 1.807) is 12.4 Å². The molecule has 5 rings (SSSR count). The molecule has 0 radical (unpaired) electrons. The van der Waals surface area contributed by atoms with Gasteiger partial charge in [-0.2, -0.15) is 0 Å². The molecular weight excluding hydrogens is 398 g/mol. The number of aromatic nitrogens is 4. The third-order valence-electron chi connectivity index (χ3n) is 5.82. The zero-order chi connectivity index (χ0) is 21.8. The lowest BCUT2D eigenvalue weighted by atomic mass is 9.92. The molecule has 32 heavy (non-hydrogen) atoms. The smallest absolute Gasteiger partial charge is 0.178 e. The van der Waals surface area contributed by atoms with Crippen LogP contribution in [0.1, 0.15) is 36.9 Å². The Hall–Kier alpha value is -3.71. The van der Waals surface area contributed by atoms with E-state index < -0.39 is 0 Å². The van der Waals surface area contributed by atoms with Gasteiger partial charge < -0.3 is 16.4 Å². The van der Waals surface area contributed by atoms with Crippen molar-refractivity contribution in [1.82, 2.24) is 19.6 Å². The van der Waals surface area contributed by atoms with Crippen molar-refractivity contribution in [3.05, 3.63) is 78.4 Å². The van der Waals surface area contributed by atoms with Crippen LogP contribution in [0.25, 0.3) is 17.8 Å². The molecule has 1 aliphatic carbocycles. The summed E-state index contributed by atoms with van der Waals surface area (Å²) in [4.78, 5) is 8.73. The summed E-state index contributed by atoms with van der Waals surface area (Å²) in [6.07, 6.45) is 13.7. The Morgan fingerprint density at radius 1 is 0.969 bits per heavy atom. The van der Waals surface area contributed by atoms with Crippen LogP contribution >= 0.6 is 0 Å². The van der Waals surface area contributed by atoms with Crippen LogP contribution in [0, 0.1) is 0 Å². The molecule has 0 spiro atoms. The van der Waals surface area contributed by atoms with E-state index in [-0.39, 0.29) is 0 Å². The van der Waals surface area contributed by atoms with E-state index >= 15 is 0 Å². The van der Waals surface area contributed by atoms with E-state index in [4.69, 9.17) is 10.8 Å². The molecule has 162 valence electrons. The number of imidazole rings is 1. The SMILES string of the molecule is NC1CCC(Nc2cc(Nc3ccccc3)c3ncc(C=Cc4ccncc4)n3n2)CC1. The first-order chi connectivity index (χ1) is 15.7. The number of anilines is 3. The van der Waals surface area contributed by atoms with Crippen molar-refractivity contribution in [2.45, 2.75) is 37.8 Å². The molecule has 1 aromatic carbocycles. The van der Waals surface area contributed by atoms with Gasteiger partial charge in [0, 0.05) is 36.2 Å². The summed E-state index contributed by atoms with van der Waals surface area (Å²) in [5.74, 6) is 0.827. The minimum atomic E-state index is 0.317. The number of benzene rings is 1. The quantitative estimate of drug-likeness (QED) is 0.414. The predicted octanol–water partition coefficient (Wildman–Crippen LogP) is 4.72. The molecule has 0 atom stereocenters. The lowest BCUT2D eigenvalue weighted by molar-refractivity contribution is 0.410. The Labute approximate surface area is 187 Å². The zero-order valence-electron chi connectivity index (χ0n) is 17.9. The molecule has 0 unspecified atom stereocenters. The van der Waals surface area contributed by atoms with Crippen molar-refractivity contribution < 1.29 is 0 Å².